The maximum absolute atomic E-state index is 6.94. The molecule has 3 saturated carbocycles. The maximum atomic E-state index is 6.94. The van der Waals surface area contributed by atoms with Gasteiger partial charge in [0.1, 0.15) is 0 Å². The van der Waals surface area contributed by atoms with Crippen molar-refractivity contribution in [2.75, 3.05) is 0 Å². The number of fused-ring (bicyclic) bond motifs is 3. The van der Waals surface area contributed by atoms with Crippen LogP contribution in [0.3, 0.4) is 0 Å². The van der Waals surface area contributed by atoms with Gasteiger partial charge in [0.25, 0.3) is 0 Å². The van der Waals surface area contributed by atoms with Gasteiger partial charge in [0.15, 0.2) is 0 Å². The van der Waals surface area contributed by atoms with E-state index in [1.54, 1.807) is 0 Å². The summed E-state index contributed by atoms with van der Waals surface area (Å²) >= 11 is 0. The fraction of sp³-hybridized carbons (Fsp3) is 0.346. The van der Waals surface area contributed by atoms with Crippen molar-refractivity contribution in [3.63, 3.8) is 0 Å². The molecule has 1 atom stereocenters. The molecule has 3 fully saturated rings. The molecular weight excluding hydrogens is 337 g/mol. The Morgan fingerprint density at radius 2 is 1.57 bits per heavy atom. The minimum atomic E-state index is -0.118. The molecule has 0 spiro atoms. The van der Waals surface area contributed by atoms with E-state index in [0.29, 0.717) is 5.92 Å². The second-order valence-electron chi connectivity index (χ2n) is 8.79. The Morgan fingerprint density at radius 1 is 0.857 bits per heavy atom. The molecule has 3 aliphatic carbocycles. The van der Waals surface area contributed by atoms with Crippen molar-refractivity contribution in [1.29, 1.82) is 0 Å². The van der Waals surface area contributed by atoms with Crippen molar-refractivity contribution in [3.8, 4) is 22.4 Å². The van der Waals surface area contributed by atoms with Gasteiger partial charge in [0.2, 0.25) is 0 Å². The zero-order valence-corrected chi connectivity index (χ0v) is 16.6. The molecule has 2 radical (unpaired) electrons. The van der Waals surface area contributed by atoms with Crippen LogP contribution in [0, 0.1) is 18.8 Å². The predicted octanol–water partition coefficient (Wildman–Crippen LogP) is 6.30. The van der Waals surface area contributed by atoms with E-state index in [2.05, 4.69) is 67.6 Å². The number of nitrogens with zero attached hydrogens (tertiary/aromatic N) is 1. The summed E-state index contributed by atoms with van der Waals surface area (Å²) in [5.74, 6) is 1.48. The van der Waals surface area contributed by atoms with Crippen molar-refractivity contribution in [3.05, 3.63) is 78.0 Å². The van der Waals surface area contributed by atoms with Gasteiger partial charge in [-0.2, -0.15) is 0 Å². The zero-order valence-electron chi connectivity index (χ0n) is 16.6. The van der Waals surface area contributed by atoms with Crippen LogP contribution in [0.1, 0.15) is 43.2 Å². The number of hydrogen-bond donors (Lipinski definition) is 0. The van der Waals surface area contributed by atoms with E-state index in [4.69, 9.17) is 12.8 Å². The zero-order chi connectivity index (χ0) is 19.1. The number of rotatable bonds is 3. The summed E-state index contributed by atoms with van der Waals surface area (Å²) in [7, 11) is 6.94. The highest BCUT2D eigenvalue weighted by Crippen LogP contribution is 2.52. The van der Waals surface area contributed by atoms with Gasteiger partial charge in [0.05, 0.1) is 13.5 Å². The average molecular weight is 363 g/mol. The molecule has 0 amide bonds. The number of pyridine rings is 1. The van der Waals surface area contributed by atoms with Crippen molar-refractivity contribution >= 4 is 7.85 Å². The van der Waals surface area contributed by atoms with Crippen LogP contribution in [-0.4, -0.2) is 12.8 Å². The summed E-state index contributed by atoms with van der Waals surface area (Å²) in [5, 5.41) is -0.118. The molecule has 138 valence electrons. The Hall–Kier alpha value is -2.35. The molecule has 2 bridgehead atoms. The molecule has 1 unspecified atom stereocenters. The van der Waals surface area contributed by atoms with Gasteiger partial charge in [-0.3, -0.25) is 4.98 Å². The maximum Gasteiger partial charge on any atom is 0.0814 e. The number of aromatic nitrogens is 1. The highest BCUT2D eigenvalue weighted by atomic mass is 14.7. The minimum absolute atomic E-state index is 0.118. The molecule has 1 aromatic heterocycles. The Morgan fingerprint density at radius 3 is 2.18 bits per heavy atom. The van der Waals surface area contributed by atoms with Gasteiger partial charge < -0.3 is 0 Å². The third-order valence-electron chi connectivity index (χ3n) is 7.14. The standard InChI is InChI=1S/C26H26BN/c1-18-4-2-3-5-24(18)25-15-10-21(17-28-25)20-8-13-23(14-9-20)26(27)16-19-6-11-22(26)12-7-19/h2-5,8-10,13-15,17,19,22H,6-7,11-12,16H2,1H3. The fourth-order valence-electron chi connectivity index (χ4n) is 5.44. The minimum Gasteiger partial charge on any atom is -0.256 e. The summed E-state index contributed by atoms with van der Waals surface area (Å²) in [6, 6.07) is 21.6. The van der Waals surface area contributed by atoms with Crippen LogP contribution >= 0.6 is 0 Å². The topological polar surface area (TPSA) is 12.9 Å². The van der Waals surface area contributed by atoms with Crippen molar-refractivity contribution in [2.45, 2.75) is 44.3 Å². The highest BCUT2D eigenvalue weighted by Gasteiger charge is 2.44. The first-order valence-corrected chi connectivity index (χ1v) is 10.6. The molecule has 0 N–H and O–H groups in total. The van der Waals surface area contributed by atoms with Gasteiger partial charge in [-0.15, -0.1) is 0 Å². The lowest BCUT2D eigenvalue weighted by atomic mass is 9.45. The average Bonchev–Trinajstić information content (AvgIpc) is 2.75. The highest BCUT2D eigenvalue weighted by molar-refractivity contribution is 6.16. The SMILES string of the molecule is [B]C1(c2ccc(-c3ccc(-c4ccccc4C)nc3)cc2)CC2CCC1CC2. The third kappa shape index (κ3) is 3.00. The quantitative estimate of drug-likeness (QED) is 0.498. The molecular formula is C26H26BN. The van der Waals surface area contributed by atoms with Crippen molar-refractivity contribution < 1.29 is 0 Å². The van der Waals surface area contributed by atoms with Gasteiger partial charge in [-0.1, -0.05) is 85.8 Å². The van der Waals surface area contributed by atoms with Gasteiger partial charge in [-0.25, -0.2) is 0 Å². The van der Waals surface area contributed by atoms with Crippen LogP contribution in [0.2, 0.25) is 0 Å². The van der Waals surface area contributed by atoms with Crippen LogP contribution in [0.15, 0.2) is 66.9 Å². The third-order valence-corrected chi connectivity index (χ3v) is 7.14. The molecule has 0 saturated heterocycles. The van der Waals surface area contributed by atoms with E-state index in [9.17, 15) is 0 Å². The summed E-state index contributed by atoms with van der Waals surface area (Å²) < 4.78 is 0. The van der Waals surface area contributed by atoms with Crippen LogP contribution in [0.5, 0.6) is 0 Å². The Bertz CT molecular complexity index is 968. The first-order chi connectivity index (χ1) is 13.6. The summed E-state index contributed by atoms with van der Waals surface area (Å²) in [6.45, 7) is 2.13. The van der Waals surface area contributed by atoms with Crippen molar-refractivity contribution in [1.82, 2.24) is 4.98 Å². The summed E-state index contributed by atoms with van der Waals surface area (Å²) in [5.41, 5.74) is 7.15. The van der Waals surface area contributed by atoms with Gasteiger partial charge in [0, 0.05) is 17.3 Å². The Kier molecular flexibility index (Phi) is 4.38. The monoisotopic (exact) mass is 363 g/mol. The molecule has 1 heterocycles. The van der Waals surface area contributed by atoms with E-state index < -0.39 is 0 Å². The summed E-state index contributed by atoms with van der Waals surface area (Å²) in [4.78, 5) is 4.72. The lowest BCUT2D eigenvalue weighted by molar-refractivity contribution is 0.118. The molecule has 2 aromatic carbocycles. The van der Waals surface area contributed by atoms with Crippen LogP contribution in [0.25, 0.3) is 22.4 Å². The van der Waals surface area contributed by atoms with E-state index in [-0.39, 0.29) is 5.31 Å². The van der Waals surface area contributed by atoms with E-state index in [0.717, 1.165) is 23.6 Å². The predicted molar refractivity (Wildman–Crippen MR) is 117 cm³/mol. The molecule has 3 aliphatic rings. The number of aryl methyl sites for hydroxylation is 1. The molecule has 2 heteroatoms. The van der Waals surface area contributed by atoms with Gasteiger partial charge >= 0.3 is 0 Å². The molecule has 28 heavy (non-hydrogen) atoms. The number of benzene rings is 2. The second-order valence-corrected chi connectivity index (χ2v) is 8.79. The van der Waals surface area contributed by atoms with Crippen molar-refractivity contribution in [2.24, 2.45) is 11.8 Å². The molecule has 3 aromatic rings. The second kappa shape index (κ2) is 6.92. The number of hydrogen-bond acceptors (Lipinski definition) is 1. The smallest absolute Gasteiger partial charge is 0.0814 e. The first kappa shape index (κ1) is 17.7. The lowest BCUT2D eigenvalue weighted by Gasteiger charge is -2.51. The largest absolute Gasteiger partial charge is 0.256 e. The van der Waals surface area contributed by atoms with Crippen LogP contribution in [-0.2, 0) is 5.31 Å². The Balaban J connectivity index is 1.40. The van der Waals surface area contributed by atoms with Gasteiger partial charge in [-0.05, 0) is 47.7 Å². The van der Waals surface area contributed by atoms with Crippen LogP contribution < -0.4 is 0 Å². The first-order valence-electron chi connectivity index (χ1n) is 10.6. The van der Waals surface area contributed by atoms with E-state index >= 15 is 0 Å². The molecule has 0 aliphatic heterocycles. The summed E-state index contributed by atoms with van der Waals surface area (Å²) in [6.07, 6.45) is 8.49. The molecule has 1 nitrogen and oxygen atoms in total. The fourth-order valence-corrected chi connectivity index (χ4v) is 5.44. The molecule has 6 rings (SSSR count). The van der Waals surface area contributed by atoms with E-state index in [1.807, 2.05) is 6.20 Å². The van der Waals surface area contributed by atoms with Crippen LogP contribution in [0.4, 0.5) is 0 Å². The van der Waals surface area contributed by atoms with E-state index in [1.165, 1.54) is 47.9 Å². The lowest BCUT2D eigenvalue weighted by Crippen LogP contribution is -2.45. The normalized spacial score (nSPS) is 26.3. The Labute approximate surface area is 169 Å².